The normalized spacial score (nSPS) is 22.9. The second-order valence-corrected chi connectivity index (χ2v) is 6.21. The van der Waals surface area contributed by atoms with Gasteiger partial charge in [0.15, 0.2) is 0 Å². The van der Waals surface area contributed by atoms with E-state index in [0.717, 1.165) is 0 Å². The molecule has 0 aromatic rings. The number of carbonyl (C=O) groups is 3. The Labute approximate surface area is 130 Å². The average molecular weight is 314 g/mol. The summed E-state index contributed by atoms with van der Waals surface area (Å²) in [4.78, 5) is 34.8. The van der Waals surface area contributed by atoms with Gasteiger partial charge in [-0.2, -0.15) is 0 Å². The summed E-state index contributed by atoms with van der Waals surface area (Å²) in [6.07, 6.45) is 1.68. The van der Waals surface area contributed by atoms with Crippen molar-refractivity contribution in [3.05, 3.63) is 0 Å². The van der Waals surface area contributed by atoms with Crippen molar-refractivity contribution in [2.24, 2.45) is 11.8 Å². The van der Waals surface area contributed by atoms with Gasteiger partial charge in [-0.1, -0.05) is 13.8 Å². The number of hydrogen-bond acceptors (Lipinski definition) is 4. The molecule has 7 heteroatoms. The van der Waals surface area contributed by atoms with E-state index in [0.29, 0.717) is 25.9 Å². The first-order valence-electron chi connectivity index (χ1n) is 7.71. The molecule has 0 saturated carbocycles. The first kappa shape index (κ1) is 18.4. The van der Waals surface area contributed by atoms with Gasteiger partial charge in [0.1, 0.15) is 6.04 Å². The van der Waals surface area contributed by atoms with E-state index >= 15 is 0 Å². The maximum absolute atomic E-state index is 12.0. The fourth-order valence-corrected chi connectivity index (χ4v) is 2.49. The van der Waals surface area contributed by atoms with Gasteiger partial charge in [-0.15, -0.1) is 0 Å². The van der Waals surface area contributed by atoms with Gasteiger partial charge in [-0.25, -0.2) is 4.79 Å². The van der Waals surface area contributed by atoms with Crippen LogP contribution in [0.3, 0.4) is 0 Å². The van der Waals surface area contributed by atoms with Crippen molar-refractivity contribution in [1.82, 2.24) is 10.6 Å². The number of carboxylic acids is 1. The third-order valence-corrected chi connectivity index (χ3v) is 3.62. The van der Waals surface area contributed by atoms with Gasteiger partial charge in [0.25, 0.3) is 0 Å². The summed E-state index contributed by atoms with van der Waals surface area (Å²) in [5, 5.41) is 14.1. The van der Waals surface area contributed by atoms with Crippen LogP contribution in [0.5, 0.6) is 0 Å². The third-order valence-electron chi connectivity index (χ3n) is 3.62. The van der Waals surface area contributed by atoms with Gasteiger partial charge in [0.05, 0.1) is 12.6 Å². The lowest BCUT2D eigenvalue weighted by Gasteiger charge is -2.26. The highest BCUT2D eigenvalue weighted by Gasteiger charge is 2.26. The highest BCUT2D eigenvalue weighted by Crippen LogP contribution is 2.19. The number of aliphatic carboxylic acids is 1. The largest absolute Gasteiger partial charge is 0.480 e. The number of amides is 2. The predicted octanol–water partition coefficient (Wildman–Crippen LogP) is 0.533. The molecule has 0 aliphatic carbocycles. The number of carbonyl (C=O) groups excluding carboxylic acids is 2. The monoisotopic (exact) mass is 314 g/mol. The summed E-state index contributed by atoms with van der Waals surface area (Å²) in [5.41, 5.74) is 0. The molecule has 1 saturated heterocycles. The van der Waals surface area contributed by atoms with Gasteiger partial charge in [-0.3, -0.25) is 9.59 Å². The Morgan fingerprint density at radius 2 is 2.00 bits per heavy atom. The molecule has 1 aliphatic rings. The van der Waals surface area contributed by atoms with Crippen LogP contribution >= 0.6 is 0 Å². The summed E-state index contributed by atoms with van der Waals surface area (Å²) in [7, 11) is 0. The molecular formula is C15H26N2O5. The van der Waals surface area contributed by atoms with E-state index in [1.54, 1.807) is 0 Å². The molecule has 7 nitrogen and oxygen atoms in total. The molecule has 0 aromatic carbocycles. The summed E-state index contributed by atoms with van der Waals surface area (Å²) >= 11 is 0. The second kappa shape index (κ2) is 8.73. The molecule has 1 fully saturated rings. The quantitative estimate of drug-likeness (QED) is 0.636. The molecule has 0 bridgehead atoms. The molecule has 2 unspecified atom stereocenters. The summed E-state index contributed by atoms with van der Waals surface area (Å²) in [6.45, 7) is 6.02. The van der Waals surface area contributed by atoms with E-state index < -0.39 is 17.9 Å². The maximum Gasteiger partial charge on any atom is 0.326 e. The Morgan fingerprint density at radius 3 is 2.55 bits per heavy atom. The maximum atomic E-state index is 12.0. The van der Waals surface area contributed by atoms with Crippen LogP contribution in [0.4, 0.5) is 0 Å². The van der Waals surface area contributed by atoms with Crippen LogP contribution < -0.4 is 10.6 Å². The Hall–Kier alpha value is -1.63. The smallest absolute Gasteiger partial charge is 0.326 e. The van der Waals surface area contributed by atoms with Crippen molar-refractivity contribution in [3.63, 3.8) is 0 Å². The third kappa shape index (κ3) is 6.43. The SMILES string of the molecule is CC(C)C[C@H](NC(=O)CNC(=O)C1CCOC(C)C1)C(=O)O. The second-order valence-electron chi connectivity index (χ2n) is 6.21. The topological polar surface area (TPSA) is 105 Å². The van der Waals surface area contributed by atoms with E-state index in [9.17, 15) is 14.4 Å². The van der Waals surface area contributed by atoms with Gasteiger partial charge >= 0.3 is 5.97 Å². The van der Waals surface area contributed by atoms with Crippen molar-refractivity contribution in [3.8, 4) is 0 Å². The Morgan fingerprint density at radius 1 is 1.32 bits per heavy atom. The molecule has 22 heavy (non-hydrogen) atoms. The zero-order valence-corrected chi connectivity index (χ0v) is 13.4. The lowest BCUT2D eigenvalue weighted by Crippen LogP contribution is -2.47. The molecule has 126 valence electrons. The minimum atomic E-state index is -1.06. The van der Waals surface area contributed by atoms with E-state index in [4.69, 9.17) is 9.84 Å². The van der Waals surface area contributed by atoms with Crippen molar-refractivity contribution in [2.75, 3.05) is 13.2 Å². The molecule has 3 N–H and O–H groups in total. The molecule has 3 atom stereocenters. The van der Waals surface area contributed by atoms with Gasteiger partial charge < -0.3 is 20.5 Å². The number of rotatable bonds is 7. The molecule has 0 spiro atoms. The van der Waals surface area contributed by atoms with Crippen LogP contribution in [-0.4, -0.2) is 48.2 Å². The fraction of sp³-hybridized carbons (Fsp3) is 0.800. The van der Waals surface area contributed by atoms with E-state index in [-0.39, 0.29) is 30.4 Å². The van der Waals surface area contributed by atoms with Gasteiger partial charge in [0, 0.05) is 12.5 Å². The summed E-state index contributed by atoms with van der Waals surface area (Å²) in [6, 6.07) is -0.924. The average Bonchev–Trinajstić information content (AvgIpc) is 2.43. The molecule has 2 amide bonds. The minimum absolute atomic E-state index is 0.0424. The predicted molar refractivity (Wildman–Crippen MR) is 80.2 cm³/mol. The zero-order chi connectivity index (χ0) is 16.7. The highest BCUT2D eigenvalue weighted by molar-refractivity contribution is 5.88. The van der Waals surface area contributed by atoms with Crippen molar-refractivity contribution in [2.45, 2.75) is 52.2 Å². The van der Waals surface area contributed by atoms with Crippen LogP contribution in [-0.2, 0) is 19.1 Å². The standard InChI is InChI=1S/C15H26N2O5/c1-9(2)6-12(15(20)21)17-13(18)8-16-14(19)11-4-5-22-10(3)7-11/h9-12H,4-8H2,1-3H3,(H,16,19)(H,17,18)(H,20,21)/t10?,11?,12-/m0/s1. The lowest BCUT2D eigenvalue weighted by molar-refractivity contribution is -0.142. The van der Waals surface area contributed by atoms with E-state index in [2.05, 4.69) is 10.6 Å². The van der Waals surface area contributed by atoms with Crippen LogP contribution in [0, 0.1) is 11.8 Å². The van der Waals surface area contributed by atoms with Crippen LogP contribution in [0.25, 0.3) is 0 Å². The Bertz CT molecular complexity index is 411. The Balaban J connectivity index is 2.37. The van der Waals surface area contributed by atoms with Crippen LogP contribution in [0.15, 0.2) is 0 Å². The van der Waals surface area contributed by atoms with Crippen molar-refractivity contribution >= 4 is 17.8 Å². The fourth-order valence-electron chi connectivity index (χ4n) is 2.49. The molecular weight excluding hydrogens is 288 g/mol. The molecule has 1 aliphatic heterocycles. The Kier molecular flexibility index (Phi) is 7.31. The summed E-state index contributed by atoms with van der Waals surface area (Å²) < 4.78 is 5.38. The lowest BCUT2D eigenvalue weighted by atomic mass is 9.95. The molecule has 1 heterocycles. The first-order valence-corrected chi connectivity index (χ1v) is 7.71. The van der Waals surface area contributed by atoms with E-state index in [1.807, 2.05) is 20.8 Å². The number of nitrogens with one attached hydrogen (secondary N) is 2. The number of hydrogen-bond donors (Lipinski definition) is 3. The molecule has 0 aromatic heterocycles. The number of carboxylic acid groups (broad SMARTS) is 1. The first-order chi connectivity index (χ1) is 10.3. The van der Waals surface area contributed by atoms with Crippen molar-refractivity contribution < 1.29 is 24.2 Å². The molecule has 1 rings (SSSR count). The molecule has 0 radical (unpaired) electrons. The van der Waals surface area contributed by atoms with E-state index in [1.165, 1.54) is 0 Å². The summed E-state index contributed by atoms with van der Waals surface area (Å²) in [5.74, 6) is -1.73. The van der Waals surface area contributed by atoms with Gasteiger partial charge in [0.2, 0.25) is 11.8 Å². The van der Waals surface area contributed by atoms with Crippen molar-refractivity contribution in [1.29, 1.82) is 0 Å². The number of ether oxygens (including phenoxy) is 1. The zero-order valence-electron chi connectivity index (χ0n) is 13.4. The van der Waals surface area contributed by atoms with Crippen LogP contribution in [0.2, 0.25) is 0 Å². The highest BCUT2D eigenvalue weighted by atomic mass is 16.5. The van der Waals surface area contributed by atoms with Crippen LogP contribution in [0.1, 0.15) is 40.0 Å². The van der Waals surface area contributed by atoms with Gasteiger partial charge in [-0.05, 0) is 32.1 Å². The minimum Gasteiger partial charge on any atom is -0.480 e.